The van der Waals surface area contributed by atoms with Gasteiger partial charge in [0.15, 0.2) is 0 Å². The van der Waals surface area contributed by atoms with Gasteiger partial charge in [-0.3, -0.25) is 9.97 Å². The molecule has 0 saturated heterocycles. The number of nitrogens with zero attached hydrogens (tertiary/aromatic N) is 2. The lowest BCUT2D eigenvalue weighted by atomic mass is 10.2. The fourth-order valence-corrected chi connectivity index (χ4v) is 1.53. The second-order valence-corrected chi connectivity index (χ2v) is 3.92. The summed E-state index contributed by atoms with van der Waals surface area (Å²) in [5, 5.41) is 0.555. The van der Waals surface area contributed by atoms with Crippen molar-refractivity contribution in [1.82, 2.24) is 9.97 Å². The van der Waals surface area contributed by atoms with Gasteiger partial charge in [-0.2, -0.15) is 0 Å². The first-order chi connectivity index (χ1) is 8.28. The minimum atomic E-state index is 0.423. The molecule has 0 amide bonds. The quantitative estimate of drug-likeness (QED) is 0.902. The number of pyridine rings is 2. The molecule has 2 aromatic rings. The van der Waals surface area contributed by atoms with Gasteiger partial charge in [0.05, 0.1) is 16.9 Å². The SMILES string of the molecule is NCc1cc(COc2cncc(Cl)c2)ccn1. The van der Waals surface area contributed by atoms with Crippen LogP contribution in [-0.2, 0) is 13.2 Å². The van der Waals surface area contributed by atoms with Gasteiger partial charge in [-0.1, -0.05) is 11.6 Å². The average Bonchev–Trinajstić information content (AvgIpc) is 2.37. The number of hydrogen-bond donors (Lipinski definition) is 1. The number of ether oxygens (including phenoxy) is 1. The van der Waals surface area contributed by atoms with Crippen LogP contribution >= 0.6 is 11.6 Å². The number of aromatic nitrogens is 2. The summed E-state index contributed by atoms with van der Waals surface area (Å²) < 4.78 is 5.56. The van der Waals surface area contributed by atoms with Crippen LogP contribution in [-0.4, -0.2) is 9.97 Å². The molecule has 0 radical (unpaired) electrons. The molecule has 0 aromatic carbocycles. The lowest BCUT2D eigenvalue weighted by Crippen LogP contribution is -2.02. The summed E-state index contributed by atoms with van der Waals surface area (Å²) in [7, 11) is 0. The second kappa shape index (κ2) is 5.61. The largest absolute Gasteiger partial charge is 0.487 e. The van der Waals surface area contributed by atoms with Gasteiger partial charge in [0.25, 0.3) is 0 Å². The number of halogens is 1. The van der Waals surface area contributed by atoms with Crippen molar-refractivity contribution in [2.45, 2.75) is 13.2 Å². The Hall–Kier alpha value is -1.65. The van der Waals surface area contributed by atoms with Crippen molar-refractivity contribution < 1.29 is 4.74 Å². The van der Waals surface area contributed by atoms with Crippen LogP contribution in [0.1, 0.15) is 11.3 Å². The van der Waals surface area contributed by atoms with Gasteiger partial charge < -0.3 is 10.5 Å². The molecule has 0 aliphatic rings. The molecular formula is C12H12ClN3O. The van der Waals surface area contributed by atoms with Gasteiger partial charge in [0, 0.05) is 25.0 Å². The Balaban J connectivity index is 2.02. The van der Waals surface area contributed by atoms with Gasteiger partial charge in [-0.15, -0.1) is 0 Å². The van der Waals surface area contributed by atoms with E-state index in [-0.39, 0.29) is 0 Å². The van der Waals surface area contributed by atoms with E-state index in [0.717, 1.165) is 11.3 Å². The molecule has 2 heterocycles. The monoisotopic (exact) mass is 249 g/mol. The summed E-state index contributed by atoms with van der Waals surface area (Å²) >= 11 is 5.81. The third-order valence-corrected chi connectivity index (χ3v) is 2.38. The summed E-state index contributed by atoms with van der Waals surface area (Å²) in [6.07, 6.45) is 4.90. The first-order valence-electron chi connectivity index (χ1n) is 5.15. The Kier molecular flexibility index (Phi) is 3.90. The van der Waals surface area contributed by atoms with Crippen LogP contribution in [0.25, 0.3) is 0 Å². The van der Waals surface area contributed by atoms with E-state index in [1.165, 1.54) is 0 Å². The molecular weight excluding hydrogens is 238 g/mol. The maximum Gasteiger partial charge on any atom is 0.139 e. The highest BCUT2D eigenvalue weighted by molar-refractivity contribution is 6.30. The first kappa shape index (κ1) is 11.8. The van der Waals surface area contributed by atoms with E-state index in [1.54, 1.807) is 24.7 Å². The van der Waals surface area contributed by atoms with Gasteiger partial charge in [-0.05, 0) is 17.7 Å². The topological polar surface area (TPSA) is 61.0 Å². The molecule has 0 spiro atoms. The van der Waals surface area contributed by atoms with E-state index >= 15 is 0 Å². The molecule has 0 atom stereocenters. The Bertz CT molecular complexity index is 505. The third kappa shape index (κ3) is 3.41. The van der Waals surface area contributed by atoms with Crippen molar-refractivity contribution in [2.24, 2.45) is 5.73 Å². The van der Waals surface area contributed by atoms with Crippen LogP contribution < -0.4 is 10.5 Å². The zero-order chi connectivity index (χ0) is 12.1. The Morgan fingerprint density at radius 2 is 2.18 bits per heavy atom. The number of hydrogen-bond acceptors (Lipinski definition) is 4. The Morgan fingerprint density at radius 3 is 2.94 bits per heavy atom. The maximum absolute atomic E-state index is 5.81. The molecule has 0 aliphatic heterocycles. The van der Waals surface area contributed by atoms with Crippen molar-refractivity contribution >= 4 is 11.6 Å². The molecule has 0 aliphatic carbocycles. The summed E-state index contributed by atoms with van der Waals surface area (Å²) in [5.41, 5.74) is 7.37. The highest BCUT2D eigenvalue weighted by Crippen LogP contribution is 2.16. The zero-order valence-electron chi connectivity index (χ0n) is 9.14. The second-order valence-electron chi connectivity index (χ2n) is 3.49. The van der Waals surface area contributed by atoms with Crippen LogP contribution in [0.3, 0.4) is 0 Å². The van der Waals surface area contributed by atoms with Crippen LogP contribution in [0, 0.1) is 0 Å². The highest BCUT2D eigenvalue weighted by Gasteiger charge is 1.99. The van der Waals surface area contributed by atoms with Gasteiger partial charge in [0.1, 0.15) is 12.4 Å². The van der Waals surface area contributed by atoms with Crippen molar-refractivity contribution in [2.75, 3.05) is 0 Å². The zero-order valence-corrected chi connectivity index (χ0v) is 9.89. The normalized spacial score (nSPS) is 10.2. The summed E-state index contributed by atoms with van der Waals surface area (Å²) in [6, 6.07) is 5.52. The van der Waals surface area contributed by atoms with Crippen LogP contribution in [0.5, 0.6) is 5.75 Å². The predicted molar refractivity (Wildman–Crippen MR) is 65.7 cm³/mol. The number of rotatable bonds is 4. The van der Waals surface area contributed by atoms with E-state index < -0.39 is 0 Å². The number of nitrogens with two attached hydrogens (primary N) is 1. The average molecular weight is 250 g/mol. The molecule has 4 nitrogen and oxygen atoms in total. The van der Waals surface area contributed by atoms with Gasteiger partial charge >= 0.3 is 0 Å². The molecule has 17 heavy (non-hydrogen) atoms. The molecule has 2 N–H and O–H groups in total. The maximum atomic E-state index is 5.81. The fourth-order valence-electron chi connectivity index (χ4n) is 1.37. The van der Waals surface area contributed by atoms with E-state index in [0.29, 0.717) is 23.9 Å². The molecule has 0 fully saturated rings. The lowest BCUT2D eigenvalue weighted by molar-refractivity contribution is 0.304. The van der Waals surface area contributed by atoms with Crippen molar-refractivity contribution in [3.05, 3.63) is 53.1 Å². The smallest absolute Gasteiger partial charge is 0.139 e. The molecule has 2 aromatic heterocycles. The van der Waals surface area contributed by atoms with Crippen molar-refractivity contribution in [3.8, 4) is 5.75 Å². The van der Waals surface area contributed by atoms with Crippen LogP contribution in [0.2, 0.25) is 5.02 Å². The Morgan fingerprint density at radius 1 is 1.29 bits per heavy atom. The molecule has 0 saturated carbocycles. The standard InChI is InChI=1S/C12H12ClN3O/c13-10-4-12(7-15-6-10)17-8-9-1-2-16-11(3-9)5-14/h1-4,6-7H,5,8,14H2. The van der Waals surface area contributed by atoms with Crippen LogP contribution in [0.4, 0.5) is 0 Å². The summed E-state index contributed by atoms with van der Waals surface area (Å²) in [5.74, 6) is 0.642. The molecule has 88 valence electrons. The molecule has 2 rings (SSSR count). The first-order valence-corrected chi connectivity index (χ1v) is 5.53. The summed E-state index contributed by atoms with van der Waals surface area (Å²) in [6.45, 7) is 0.865. The Labute approximate surface area is 104 Å². The van der Waals surface area contributed by atoms with Crippen molar-refractivity contribution in [1.29, 1.82) is 0 Å². The minimum Gasteiger partial charge on any atom is -0.487 e. The predicted octanol–water partition coefficient (Wildman–Crippen LogP) is 2.17. The highest BCUT2D eigenvalue weighted by atomic mass is 35.5. The van der Waals surface area contributed by atoms with Crippen LogP contribution in [0.15, 0.2) is 36.8 Å². The van der Waals surface area contributed by atoms with E-state index in [2.05, 4.69) is 9.97 Å². The van der Waals surface area contributed by atoms with E-state index in [9.17, 15) is 0 Å². The van der Waals surface area contributed by atoms with Gasteiger partial charge in [0.2, 0.25) is 0 Å². The molecule has 0 unspecified atom stereocenters. The van der Waals surface area contributed by atoms with Gasteiger partial charge in [-0.25, -0.2) is 0 Å². The summed E-state index contributed by atoms with van der Waals surface area (Å²) in [4.78, 5) is 8.05. The minimum absolute atomic E-state index is 0.423. The fraction of sp³-hybridized carbons (Fsp3) is 0.167. The lowest BCUT2D eigenvalue weighted by Gasteiger charge is -2.06. The molecule has 0 bridgehead atoms. The van der Waals surface area contributed by atoms with E-state index in [4.69, 9.17) is 22.1 Å². The van der Waals surface area contributed by atoms with Crippen molar-refractivity contribution in [3.63, 3.8) is 0 Å². The van der Waals surface area contributed by atoms with E-state index in [1.807, 2.05) is 12.1 Å². The third-order valence-electron chi connectivity index (χ3n) is 2.18. The molecule has 5 heteroatoms.